The number of nitrogens with zero attached hydrogens (tertiary/aromatic N) is 2. The van der Waals surface area contributed by atoms with Crippen LogP contribution in [0.25, 0.3) is 0 Å². The summed E-state index contributed by atoms with van der Waals surface area (Å²) >= 11 is 0.793. The molecule has 1 heterocycles. The lowest BCUT2D eigenvalue weighted by Gasteiger charge is -2.23. The Balaban J connectivity index is 2.33. The monoisotopic (exact) mass is 417 g/mol. The lowest BCUT2D eigenvalue weighted by atomic mass is 10.1. The zero-order chi connectivity index (χ0) is 21.7. The molecule has 3 amide bonds. The fourth-order valence-corrected chi connectivity index (χ4v) is 3.38. The molecular formula is C20H27N5O3S. The van der Waals surface area contributed by atoms with Crippen molar-refractivity contribution in [1.82, 2.24) is 9.69 Å². The third-order valence-corrected chi connectivity index (χ3v) is 5.40. The first-order valence-corrected chi connectivity index (χ1v) is 10.1. The fourth-order valence-electron chi connectivity index (χ4n) is 2.63. The predicted octanol–water partition coefficient (Wildman–Crippen LogP) is 2.25. The van der Waals surface area contributed by atoms with Gasteiger partial charge < -0.3 is 16.8 Å². The molecule has 0 radical (unpaired) electrons. The molecule has 29 heavy (non-hydrogen) atoms. The molecule has 9 heteroatoms. The lowest BCUT2D eigenvalue weighted by Crippen LogP contribution is -2.41. The lowest BCUT2D eigenvalue weighted by molar-refractivity contribution is -0.119. The van der Waals surface area contributed by atoms with Gasteiger partial charge in [0.2, 0.25) is 5.91 Å². The maximum atomic E-state index is 13.2. The Labute approximate surface area is 174 Å². The summed E-state index contributed by atoms with van der Waals surface area (Å²) in [7, 11) is 0. The SMILES string of the molecule is Cc1ccc(N(CC(=O)NCCC(C)C)C(=O)c2snc(C(N)=O)c2N)cc1C. The number of nitrogens with one attached hydrogen (secondary N) is 1. The Hall–Kier alpha value is -2.94. The van der Waals surface area contributed by atoms with Gasteiger partial charge in [-0.1, -0.05) is 19.9 Å². The first kappa shape index (κ1) is 22.4. The number of nitrogen functional groups attached to an aromatic ring is 1. The molecule has 2 aromatic rings. The van der Waals surface area contributed by atoms with Gasteiger partial charge in [0.15, 0.2) is 5.69 Å². The summed E-state index contributed by atoms with van der Waals surface area (Å²) in [5.74, 6) is -1.14. The van der Waals surface area contributed by atoms with Gasteiger partial charge in [-0.2, -0.15) is 4.37 Å². The summed E-state index contributed by atoms with van der Waals surface area (Å²) < 4.78 is 3.89. The van der Waals surface area contributed by atoms with E-state index >= 15 is 0 Å². The number of benzene rings is 1. The largest absolute Gasteiger partial charge is 0.395 e. The normalized spacial score (nSPS) is 10.8. The third kappa shape index (κ3) is 5.54. The Morgan fingerprint density at radius 2 is 1.90 bits per heavy atom. The van der Waals surface area contributed by atoms with Crippen LogP contribution < -0.4 is 21.7 Å². The van der Waals surface area contributed by atoms with Crippen LogP contribution in [0.5, 0.6) is 0 Å². The van der Waals surface area contributed by atoms with E-state index in [1.165, 1.54) is 4.90 Å². The third-order valence-electron chi connectivity index (χ3n) is 4.55. The first-order valence-electron chi connectivity index (χ1n) is 9.32. The summed E-state index contributed by atoms with van der Waals surface area (Å²) in [6, 6.07) is 5.49. The number of amides is 3. The van der Waals surface area contributed by atoms with Crippen molar-refractivity contribution in [2.45, 2.75) is 34.1 Å². The van der Waals surface area contributed by atoms with Crippen LogP contribution in [0, 0.1) is 19.8 Å². The molecule has 0 aliphatic rings. The first-order chi connectivity index (χ1) is 13.6. The van der Waals surface area contributed by atoms with Crippen molar-refractivity contribution >= 4 is 40.6 Å². The predicted molar refractivity (Wildman–Crippen MR) is 115 cm³/mol. The van der Waals surface area contributed by atoms with Crippen LogP contribution in [-0.4, -0.2) is 35.2 Å². The molecule has 0 saturated heterocycles. The molecule has 0 fully saturated rings. The molecule has 0 spiro atoms. The van der Waals surface area contributed by atoms with Gasteiger partial charge in [-0.05, 0) is 61.0 Å². The van der Waals surface area contributed by atoms with Crippen LogP contribution in [0.2, 0.25) is 0 Å². The van der Waals surface area contributed by atoms with Crippen molar-refractivity contribution in [3.05, 3.63) is 39.9 Å². The molecular weight excluding hydrogens is 390 g/mol. The molecule has 2 rings (SSSR count). The number of hydrogen-bond acceptors (Lipinski definition) is 6. The number of carbonyl (C=O) groups excluding carboxylic acids is 3. The van der Waals surface area contributed by atoms with E-state index in [1.807, 2.05) is 26.0 Å². The van der Waals surface area contributed by atoms with Gasteiger partial charge in [0.1, 0.15) is 11.4 Å². The minimum Gasteiger partial charge on any atom is -0.395 e. The second-order valence-electron chi connectivity index (χ2n) is 7.33. The van der Waals surface area contributed by atoms with E-state index in [-0.39, 0.29) is 28.7 Å². The molecule has 0 unspecified atom stereocenters. The van der Waals surface area contributed by atoms with Crippen molar-refractivity contribution in [3.63, 3.8) is 0 Å². The fraction of sp³-hybridized carbons (Fsp3) is 0.400. The number of hydrogen-bond donors (Lipinski definition) is 3. The molecule has 0 saturated carbocycles. The minimum absolute atomic E-state index is 0.0680. The standard InChI is InChI=1S/C20H27N5O3S/c1-11(2)7-8-23-15(26)10-25(14-6-5-12(3)13(4)9-14)20(28)18-16(21)17(19(22)27)24-29-18/h5-6,9,11H,7-8,10,21H2,1-4H3,(H2,22,27)(H,23,26). The summed E-state index contributed by atoms with van der Waals surface area (Å²) in [6.45, 7) is 8.38. The zero-order valence-electron chi connectivity index (χ0n) is 17.1. The van der Waals surface area contributed by atoms with Crippen LogP contribution in [-0.2, 0) is 4.79 Å². The van der Waals surface area contributed by atoms with Crippen LogP contribution in [0.3, 0.4) is 0 Å². The molecule has 156 valence electrons. The van der Waals surface area contributed by atoms with Crippen LogP contribution in [0.4, 0.5) is 11.4 Å². The molecule has 5 N–H and O–H groups in total. The van der Waals surface area contributed by atoms with E-state index in [4.69, 9.17) is 11.5 Å². The Bertz CT molecular complexity index is 923. The van der Waals surface area contributed by atoms with Crippen molar-refractivity contribution in [1.29, 1.82) is 0 Å². The average Bonchev–Trinajstić information content (AvgIpc) is 3.03. The van der Waals surface area contributed by atoms with Crippen LogP contribution in [0.15, 0.2) is 18.2 Å². The van der Waals surface area contributed by atoms with E-state index in [0.29, 0.717) is 18.2 Å². The summed E-state index contributed by atoms with van der Waals surface area (Å²) in [5.41, 5.74) is 13.6. The van der Waals surface area contributed by atoms with E-state index in [0.717, 1.165) is 29.1 Å². The smallest absolute Gasteiger partial charge is 0.272 e. The van der Waals surface area contributed by atoms with Crippen molar-refractivity contribution in [3.8, 4) is 0 Å². The van der Waals surface area contributed by atoms with Gasteiger partial charge in [0, 0.05) is 12.2 Å². The van der Waals surface area contributed by atoms with Gasteiger partial charge >= 0.3 is 0 Å². The Kier molecular flexibility index (Phi) is 7.33. The Morgan fingerprint density at radius 1 is 1.21 bits per heavy atom. The number of aryl methyl sites for hydroxylation is 2. The van der Waals surface area contributed by atoms with Crippen molar-refractivity contribution in [2.75, 3.05) is 23.7 Å². The minimum atomic E-state index is -0.804. The van der Waals surface area contributed by atoms with Gasteiger partial charge in [0.05, 0.1) is 5.69 Å². The average molecular weight is 418 g/mol. The van der Waals surface area contributed by atoms with Gasteiger partial charge in [0.25, 0.3) is 11.8 Å². The number of carbonyl (C=O) groups is 3. The van der Waals surface area contributed by atoms with E-state index in [9.17, 15) is 14.4 Å². The number of primary amides is 1. The highest BCUT2D eigenvalue weighted by Crippen LogP contribution is 2.27. The summed E-state index contributed by atoms with van der Waals surface area (Å²) in [6.07, 6.45) is 0.840. The van der Waals surface area contributed by atoms with E-state index in [1.54, 1.807) is 6.07 Å². The van der Waals surface area contributed by atoms with Crippen molar-refractivity contribution in [2.24, 2.45) is 11.7 Å². The molecule has 1 aromatic carbocycles. The zero-order valence-corrected chi connectivity index (χ0v) is 17.9. The highest BCUT2D eigenvalue weighted by Gasteiger charge is 2.27. The highest BCUT2D eigenvalue weighted by atomic mass is 32.1. The summed E-state index contributed by atoms with van der Waals surface area (Å²) in [4.78, 5) is 38.5. The van der Waals surface area contributed by atoms with Gasteiger partial charge in [-0.15, -0.1) is 0 Å². The Morgan fingerprint density at radius 3 is 2.45 bits per heavy atom. The number of nitrogens with two attached hydrogens (primary N) is 2. The topological polar surface area (TPSA) is 131 Å². The molecule has 0 bridgehead atoms. The molecule has 0 atom stereocenters. The van der Waals surface area contributed by atoms with E-state index in [2.05, 4.69) is 23.5 Å². The number of aromatic nitrogens is 1. The highest BCUT2D eigenvalue weighted by molar-refractivity contribution is 7.09. The molecule has 0 aliphatic heterocycles. The molecule has 8 nitrogen and oxygen atoms in total. The van der Waals surface area contributed by atoms with Gasteiger partial charge in [-0.3, -0.25) is 19.3 Å². The van der Waals surface area contributed by atoms with Crippen LogP contribution in [0.1, 0.15) is 51.6 Å². The van der Waals surface area contributed by atoms with Crippen molar-refractivity contribution < 1.29 is 14.4 Å². The number of rotatable bonds is 8. The number of anilines is 2. The van der Waals surface area contributed by atoms with E-state index < -0.39 is 11.8 Å². The van der Waals surface area contributed by atoms with Gasteiger partial charge in [-0.25, -0.2) is 0 Å². The van der Waals surface area contributed by atoms with Crippen LogP contribution >= 0.6 is 11.5 Å². The summed E-state index contributed by atoms with van der Waals surface area (Å²) in [5, 5.41) is 2.83. The quantitative estimate of drug-likeness (QED) is 0.606. The molecule has 0 aliphatic carbocycles. The second kappa shape index (κ2) is 9.51. The maximum absolute atomic E-state index is 13.2. The second-order valence-corrected chi connectivity index (χ2v) is 8.10. The molecule has 1 aromatic heterocycles. The maximum Gasteiger partial charge on any atom is 0.272 e.